The Kier molecular flexibility index (Phi) is 5.79. The molecule has 0 saturated carbocycles. The lowest BCUT2D eigenvalue weighted by molar-refractivity contribution is -0.385. The van der Waals surface area contributed by atoms with Gasteiger partial charge in [-0.3, -0.25) is 14.9 Å². The zero-order chi connectivity index (χ0) is 20.3. The Bertz CT molecular complexity index is 876. The summed E-state index contributed by atoms with van der Waals surface area (Å²) in [5.41, 5.74) is 1.47. The Morgan fingerprint density at radius 3 is 2.54 bits per heavy atom. The SMILES string of the molecule is COc1ccc(C(=O)Nc2ccccc2N2C[C@@H](C)O[C@H](C)C2)cc1[N+](=O)[O-]. The van der Waals surface area contributed by atoms with E-state index in [-0.39, 0.29) is 29.2 Å². The van der Waals surface area contributed by atoms with Gasteiger partial charge in [0.1, 0.15) is 0 Å². The molecule has 0 bridgehead atoms. The lowest BCUT2D eigenvalue weighted by Gasteiger charge is -2.37. The highest BCUT2D eigenvalue weighted by molar-refractivity contribution is 6.06. The molecule has 0 aliphatic carbocycles. The van der Waals surface area contributed by atoms with Crippen LogP contribution in [0.5, 0.6) is 5.75 Å². The van der Waals surface area contributed by atoms with E-state index in [9.17, 15) is 14.9 Å². The van der Waals surface area contributed by atoms with Crippen LogP contribution in [0.2, 0.25) is 0 Å². The molecule has 1 fully saturated rings. The van der Waals surface area contributed by atoms with Crippen molar-refractivity contribution in [3.63, 3.8) is 0 Å². The monoisotopic (exact) mass is 385 g/mol. The quantitative estimate of drug-likeness (QED) is 0.626. The zero-order valence-electron chi connectivity index (χ0n) is 16.0. The highest BCUT2D eigenvalue weighted by Crippen LogP contribution is 2.31. The first-order chi connectivity index (χ1) is 13.4. The fraction of sp³-hybridized carbons (Fsp3) is 0.350. The van der Waals surface area contributed by atoms with Gasteiger partial charge < -0.3 is 19.7 Å². The number of rotatable bonds is 5. The van der Waals surface area contributed by atoms with Gasteiger partial charge in [0, 0.05) is 24.7 Å². The number of nitrogens with zero attached hydrogens (tertiary/aromatic N) is 2. The normalized spacial score (nSPS) is 19.2. The van der Waals surface area contributed by atoms with E-state index < -0.39 is 10.8 Å². The second-order valence-electron chi connectivity index (χ2n) is 6.78. The molecule has 1 N–H and O–H groups in total. The molecule has 8 nitrogen and oxygen atoms in total. The molecule has 0 unspecified atom stereocenters. The van der Waals surface area contributed by atoms with E-state index in [2.05, 4.69) is 10.2 Å². The van der Waals surface area contributed by atoms with Crippen LogP contribution in [-0.2, 0) is 4.74 Å². The Morgan fingerprint density at radius 1 is 1.21 bits per heavy atom. The van der Waals surface area contributed by atoms with Crippen LogP contribution in [0.3, 0.4) is 0 Å². The van der Waals surface area contributed by atoms with E-state index in [1.807, 2.05) is 38.1 Å². The first kappa shape index (κ1) is 19.6. The molecule has 2 aromatic rings. The van der Waals surface area contributed by atoms with Gasteiger partial charge in [-0.1, -0.05) is 12.1 Å². The predicted molar refractivity (Wildman–Crippen MR) is 106 cm³/mol. The van der Waals surface area contributed by atoms with Crippen molar-refractivity contribution in [3.05, 3.63) is 58.1 Å². The third-order valence-corrected chi connectivity index (χ3v) is 4.55. The van der Waals surface area contributed by atoms with E-state index in [1.165, 1.54) is 25.3 Å². The van der Waals surface area contributed by atoms with Crippen LogP contribution < -0.4 is 15.0 Å². The summed E-state index contributed by atoms with van der Waals surface area (Å²) in [6.07, 6.45) is 0.161. The minimum atomic E-state index is -0.569. The number of hydrogen-bond acceptors (Lipinski definition) is 6. The van der Waals surface area contributed by atoms with Crippen LogP contribution in [0, 0.1) is 10.1 Å². The highest BCUT2D eigenvalue weighted by Gasteiger charge is 2.25. The van der Waals surface area contributed by atoms with Crippen molar-refractivity contribution in [2.24, 2.45) is 0 Å². The van der Waals surface area contributed by atoms with Gasteiger partial charge in [0.15, 0.2) is 5.75 Å². The second-order valence-corrected chi connectivity index (χ2v) is 6.78. The number of carbonyl (C=O) groups excluding carboxylic acids is 1. The van der Waals surface area contributed by atoms with Crippen molar-refractivity contribution in [1.29, 1.82) is 0 Å². The molecule has 2 aromatic carbocycles. The zero-order valence-corrected chi connectivity index (χ0v) is 16.0. The molecular formula is C20H23N3O5. The summed E-state index contributed by atoms with van der Waals surface area (Å²) in [5.74, 6) is -0.314. The molecule has 28 heavy (non-hydrogen) atoms. The third kappa shape index (κ3) is 4.23. The minimum absolute atomic E-state index is 0.0803. The molecule has 0 radical (unpaired) electrons. The van der Waals surface area contributed by atoms with Crippen molar-refractivity contribution in [2.75, 3.05) is 30.4 Å². The summed E-state index contributed by atoms with van der Waals surface area (Å²) in [6, 6.07) is 11.6. The van der Waals surface area contributed by atoms with Crippen molar-refractivity contribution >= 4 is 23.0 Å². The first-order valence-corrected chi connectivity index (χ1v) is 9.02. The molecule has 1 aliphatic rings. The Morgan fingerprint density at radius 2 is 1.89 bits per heavy atom. The number of methoxy groups -OCH3 is 1. The smallest absolute Gasteiger partial charge is 0.311 e. The average molecular weight is 385 g/mol. The molecule has 8 heteroatoms. The third-order valence-electron chi connectivity index (χ3n) is 4.55. The van der Waals surface area contributed by atoms with Crippen LogP contribution in [0.1, 0.15) is 24.2 Å². The predicted octanol–water partition coefficient (Wildman–Crippen LogP) is 3.47. The van der Waals surface area contributed by atoms with Crippen LogP contribution >= 0.6 is 0 Å². The summed E-state index contributed by atoms with van der Waals surface area (Å²) in [6.45, 7) is 5.46. The number of nitrogens with one attached hydrogen (secondary N) is 1. The summed E-state index contributed by atoms with van der Waals surface area (Å²) < 4.78 is 10.8. The number of ether oxygens (including phenoxy) is 2. The summed E-state index contributed by atoms with van der Waals surface area (Å²) in [7, 11) is 1.35. The number of nitro benzene ring substituents is 1. The summed E-state index contributed by atoms with van der Waals surface area (Å²) in [4.78, 5) is 25.5. The average Bonchev–Trinajstić information content (AvgIpc) is 2.67. The Balaban J connectivity index is 1.85. The molecule has 1 aliphatic heterocycles. The van der Waals surface area contributed by atoms with Gasteiger partial charge in [-0.25, -0.2) is 0 Å². The molecule has 3 rings (SSSR count). The number of hydrogen-bond donors (Lipinski definition) is 1. The fourth-order valence-electron chi connectivity index (χ4n) is 3.40. The minimum Gasteiger partial charge on any atom is -0.490 e. The number of para-hydroxylation sites is 2. The van der Waals surface area contributed by atoms with Crippen LogP contribution in [0.25, 0.3) is 0 Å². The molecule has 1 saturated heterocycles. The molecule has 2 atom stereocenters. The number of nitro groups is 1. The molecule has 0 spiro atoms. The van der Waals surface area contributed by atoms with E-state index >= 15 is 0 Å². The molecule has 0 aromatic heterocycles. The largest absolute Gasteiger partial charge is 0.490 e. The second kappa shape index (κ2) is 8.26. The molecular weight excluding hydrogens is 362 g/mol. The van der Waals surface area contributed by atoms with Gasteiger partial charge in [0.05, 0.1) is 35.6 Å². The van der Waals surface area contributed by atoms with Crippen molar-refractivity contribution in [2.45, 2.75) is 26.1 Å². The fourth-order valence-corrected chi connectivity index (χ4v) is 3.40. The van der Waals surface area contributed by atoms with E-state index in [0.717, 1.165) is 5.69 Å². The summed E-state index contributed by atoms with van der Waals surface area (Å²) >= 11 is 0. The van der Waals surface area contributed by atoms with Gasteiger partial charge in [0.2, 0.25) is 0 Å². The van der Waals surface area contributed by atoms with Crippen molar-refractivity contribution in [3.8, 4) is 5.75 Å². The number of carbonyl (C=O) groups is 1. The number of morpholine rings is 1. The van der Waals surface area contributed by atoms with Gasteiger partial charge in [-0.05, 0) is 38.1 Å². The Labute approximate surface area is 163 Å². The van der Waals surface area contributed by atoms with Gasteiger partial charge in [-0.15, -0.1) is 0 Å². The summed E-state index contributed by atoms with van der Waals surface area (Å²) in [5, 5.41) is 14.1. The lowest BCUT2D eigenvalue weighted by Crippen LogP contribution is -2.45. The van der Waals surface area contributed by atoms with Crippen molar-refractivity contribution in [1.82, 2.24) is 0 Å². The highest BCUT2D eigenvalue weighted by atomic mass is 16.6. The first-order valence-electron chi connectivity index (χ1n) is 9.02. The van der Waals surface area contributed by atoms with Crippen LogP contribution in [0.15, 0.2) is 42.5 Å². The van der Waals surface area contributed by atoms with Gasteiger partial charge in [0.25, 0.3) is 5.91 Å². The maximum Gasteiger partial charge on any atom is 0.311 e. The van der Waals surface area contributed by atoms with Gasteiger partial charge >= 0.3 is 5.69 Å². The van der Waals surface area contributed by atoms with Crippen molar-refractivity contribution < 1.29 is 19.2 Å². The lowest BCUT2D eigenvalue weighted by atomic mass is 10.1. The maximum atomic E-state index is 12.7. The Hall–Kier alpha value is -3.13. The topological polar surface area (TPSA) is 93.9 Å². The van der Waals surface area contributed by atoms with E-state index in [4.69, 9.17) is 9.47 Å². The number of anilines is 2. The van der Waals surface area contributed by atoms with Gasteiger partial charge in [-0.2, -0.15) is 0 Å². The number of benzene rings is 2. The van der Waals surface area contributed by atoms with Crippen LogP contribution in [0.4, 0.5) is 17.1 Å². The standard InChI is InChI=1S/C20H23N3O5/c1-13-11-22(12-14(2)28-13)17-7-5-4-6-16(17)21-20(24)15-8-9-19(27-3)18(10-15)23(25)26/h4-10,13-14H,11-12H2,1-3H3,(H,21,24)/t13-,14-/m1/s1. The van der Waals surface area contributed by atoms with E-state index in [1.54, 1.807) is 0 Å². The van der Waals surface area contributed by atoms with Crippen LogP contribution in [-0.4, -0.2) is 43.2 Å². The van der Waals surface area contributed by atoms with E-state index in [0.29, 0.717) is 18.8 Å². The molecule has 1 amide bonds. The molecule has 1 heterocycles. The molecule has 148 valence electrons. The maximum absolute atomic E-state index is 12.7. The number of amides is 1.